The molecular weight excluding hydrogens is 368 g/mol. The van der Waals surface area contributed by atoms with Crippen molar-refractivity contribution in [3.8, 4) is 17.6 Å². The maximum atomic E-state index is 12.1. The first-order valence-corrected chi connectivity index (χ1v) is 9.47. The average Bonchev–Trinajstić information content (AvgIpc) is 3.15. The second-order valence-corrected chi connectivity index (χ2v) is 7.50. The summed E-state index contributed by atoms with van der Waals surface area (Å²) < 4.78 is 17.0. The van der Waals surface area contributed by atoms with Gasteiger partial charge in [0.1, 0.15) is 12.1 Å². The van der Waals surface area contributed by atoms with E-state index in [0.717, 1.165) is 11.8 Å². The zero-order chi connectivity index (χ0) is 19.4. The van der Waals surface area contributed by atoms with Crippen LogP contribution in [0.25, 0.3) is 0 Å². The Kier molecular flexibility index (Phi) is 5.56. The van der Waals surface area contributed by atoms with Gasteiger partial charge in [0.05, 0.1) is 11.8 Å². The van der Waals surface area contributed by atoms with Crippen LogP contribution in [0.4, 0.5) is 0 Å². The SMILES string of the molecule is CC(C)[C@](C)(C#N)NC(=O)CSc1nnc([C@@H]2COc3ccccc3O2)o1. The number of thioether (sulfide) groups is 1. The molecule has 2 atom stereocenters. The van der Waals surface area contributed by atoms with Crippen molar-refractivity contribution in [2.75, 3.05) is 12.4 Å². The van der Waals surface area contributed by atoms with Crippen LogP contribution in [0.2, 0.25) is 0 Å². The highest BCUT2D eigenvalue weighted by Gasteiger charge is 2.30. The molecule has 0 spiro atoms. The lowest BCUT2D eigenvalue weighted by molar-refractivity contribution is -0.120. The molecule has 0 aliphatic carbocycles. The molecule has 142 valence electrons. The number of amides is 1. The molecule has 0 bridgehead atoms. The van der Waals surface area contributed by atoms with Gasteiger partial charge in [0, 0.05) is 0 Å². The number of rotatable bonds is 6. The summed E-state index contributed by atoms with van der Waals surface area (Å²) in [6, 6.07) is 9.49. The van der Waals surface area contributed by atoms with Crippen LogP contribution < -0.4 is 14.8 Å². The molecule has 1 aromatic heterocycles. The molecule has 0 radical (unpaired) electrons. The molecule has 27 heavy (non-hydrogen) atoms. The summed E-state index contributed by atoms with van der Waals surface area (Å²) in [7, 11) is 0. The van der Waals surface area contributed by atoms with Crippen molar-refractivity contribution in [1.82, 2.24) is 15.5 Å². The zero-order valence-corrected chi connectivity index (χ0v) is 16.1. The van der Waals surface area contributed by atoms with E-state index in [1.54, 1.807) is 13.0 Å². The number of hydrogen-bond donors (Lipinski definition) is 1. The summed E-state index contributed by atoms with van der Waals surface area (Å²) in [5.41, 5.74) is -0.918. The Balaban J connectivity index is 1.56. The summed E-state index contributed by atoms with van der Waals surface area (Å²) >= 11 is 1.10. The normalized spacial score (nSPS) is 17.8. The Morgan fingerprint density at radius 2 is 2.15 bits per heavy atom. The van der Waals surface area contributed by atoms with Crippen molar-refractivity contribution >= 4 is 17.7 Å². The van der Waals surface area contributed by atoms with Crippen LogP contribution in [-0.4, -0.2) is 34.0 Å². The minimum atomic E-state index is -0.918. The third-order valence-corrected chi connectivity index (χ3v) is 5.14. The van der Waals surface area contributed by atoms with E-state index < -0.39 is 11.6 Å². The number of carbonyl (C=O) groups excluding carboxylic acids is 1. The van der Waals surface area contributed by atoms with Gasteiger partial charge in [0.25, 0.3) is 11.1 Å². The van der Waals surface area contributed by atoms with Gasteiger partial charge in [-0.1, -0.05) is 37.7 Å². The molecule has 0 saturated carbocycles. The monoisotopic (exact) mass is 388 g/mol. The van der Waals surface area contributed by atoms with E-state index in [2.05, 4.69) is 21.6 Å². The standard InChI is InChI=1S/C18H20N4O4S/c1-11(2)18(3,10-19)20-15(23)9-27-17-22-21-16(26-17)14-8-24-12-6-4-5-7-13(12)25-14/h4-7,11,14H,8-9H2,1-3H3,(H,20,23)/t14-,18-/m0/s1. The average molecular weight is 388 g/mol. The molecule has 1 aromatic carbocycles. The topological polar surface area (TPSA) is 110 Å². The number of nitriles is 1. The van der Waals surface area contributed by atoms with Crippen molar-refractivity contribution in [2.24, 2.45) is 5.92 Å². The van der Waals surface area contributed by atoms with Gasteiger partial charge < -0.3 is 19.2 Å². The molecule has 1 aliphatic heterocycles. The molecule has 0 unspecified atom stereocenters. The molecule has 1 N–H and O–H groups in total. The van der Waals surface area contributed by atoms with Gasteiger partial charge in [-0.2, -0.15) is 5.26 Å². The molecule has 3 rings (SSSR count). The number of ether oxygens (including phenoxy) is 2. The summed E-state index contributed by atoms with van der Waals surface area (Å²) in [5, 5.41) is 20.2. The van der Waals surface area contributed by atoms with Crippen LogP contribution in [0, 0.1) is 17.2 Å². The first-order chi connectivity index (χ1) is 12.9. The maximum Gasteiger partial charge on any atom is 0.277 e. The minimum Gasteiger partial charge on any atom is -0.485 e. The number of fused-ring (bicyclic) bond motifs is 1. The van der Waals surface area contributed by atoms with Crippen LogP contribution in [0.15, 0.2) is 33.9 Å². The van der Waals surface area contributed by atoms with Crippen molar-refractivity contribution in [1.29, 1.82) is 5.26 Å². The van der Waals surface area contributed by atoms with Gasteiger partial charge in [0.15, 0.2) is 11.5 Å². The Hall–Kier alpha value is -2.73. The quantitative estimate of drug-likeness (QED) is 0.752. The van der Waals surface area contributed by atoms with Crippen LogP contribution >= 0.6 is 11.8 Å². The summed E-state index contributed by atoms with van der Waals surface area (Å²) in [6.45, 7) is 5.72. The number of carbonyl (C=O) groups is 1. The molecule has 0 fully saturated rings. The van der Waals surface area contributed by atoms with E-state index in [0.29, 0.717) is 11.5 Å². The van der Waals surface area contributed by atoms with E-state index in [1.165, 1.54) is 0 Å². The first kappa shape index (κ1) is 19.0. The molecule has 8 nitrogen and oxygen atoms in total. The van der Waals surface area contributed by atoms with Gasteiger partial charge >= 0.3 is 0 Å². The lowest BCUT2D eigenvalue weighted by Crippen LogP contribution is -2.49. The molecule has 9 heteroatoms. The third-order valence-electron chi connectivity index (χ3n) is 4.32. The Bertz CT molecular complexity index is 863. The van der Waals surface area contributed by atoms with Gasteiger partial charge in [0.2, 0.25) is 12.0 Å². The van der Waals surface area contributed by atoms with Crippen molar-refractivity contribution in [3.63, 3.8) is 0 Å². The van der Waals surface area contributed by atoms with E-state index in [9.17, 15) is 10.1 Å². The fourth-order valence-electron chi connectivity index (χ4n) is 2.30. The van der Waals surface area contributed by atoms with E-state index >= 15 is 0 Å². The molecule has 0 saturated heterocycles. The second kappa shape index (κ2) is 7.88. The highest BCUT2D eigenvalue weighted by molar-refractivity contribution is 7.99. The smallest absolute Gasteiger partial charge is 0.277 e. The lowest BCUT2D eigenvalue weighted by Gasteiger charge is -2.27. The molecule has 2 heterocycles. The van der Waals surface area contributed by atoms with Crippen molar-refractivity contribution in [2.45, 2.75) is 37.6 Å². The van der Waals surface area contributed by atoms with Gasteiger partial charge in [-0.3, -0.25) is 4.79 Å². The Morgan fingerprint density at radius 3 is 2.85 bits per heavy atom. The molecule has 2 aromatic rings. The predicted octanol–water partition coefficient (Wildman–Crippen LogP) is 2.73. The minimum absolute atomic E-state index is 0.0159. The fraction of sp³-hybridized carbons (Fsp3) is 0.444. The number of aromatic nitrogens is 2. The highest BCUT2D eigenvalue weighted by atomic mass is 32.2. The van der Waals surface area contributed by atoms with Crippen LogP contribution in [0.3, 0.4) is 0 Å². The number of hydrogen-bond acceptors (Lipinski definition) is 8. The van der Waals surface area contributed by atoms with Gasteiger partial charge in [-0.05, 0) is 25.0 Å². The fourth-order valence-corrected chi connectivity index (χ4v) is 2.87. The largest absolute Gasteiger partial charge is 0.485 e. The summed E-state index contributed by atoms with van der Waals surface area (Å²) in [6.07, 6.45) is -0.501. The third kappa shape index (κ3) is 4.34. The molecular formula is C18H20N4O4S. The van der Waals surface area contributed by atoms with Gasteiger partial charge in [-0.25, -0.2) is 0 Å². The van der Waals surface area contributed by atoms with Crippen molar-refractivity contribution in [3.05, 3.63) is 30.2 Å². The first-order valence-electron chi connectivity index (χ1n) is 8.48. The Morgan fingerprint density at radius 1 is 1.41 bits per heavy atom. The Labute approximate surface area is 161 Å². The van der Waals surface area contributed by atoms with Crippen LogP contribution in [0.5, 0.6) is 11.5 Å². The van der Waals surface area contributed by atoms with E-state index in [4.69, 9.17) is 13.9 Å². The van der Waals surface area contributed by atoms with Crippen LogP contribution in [0.1, 0.15) is 32.8 Å². The molecule has 1 aliphatic rings. The van der Waals surface area contributed by atoms with Crippen molar-refractivity contribution < 1.29 is 18.7 Å². The number of benzene rings is 1. The van der Waals surface area contributed by atoms with E-state index in [-0.39, 0.29) is 35.3 Å². The number of nitrogens with zero attached hydrogens (tertiary/aromatic N) is 3. The second-order valence-electron chi connectivity index (χ2n) is 6.58. The number of para-hydroxylation sites is 2. The van der Waals surface area contributed by atoms with Crippen LogP contribution in [-0.2, 0) is 4.79 Å². The summed E-state index contributed by atoms with van der Waals surface area (Å²) in [5.74, 6) is 1.35. The predicted molar refractivity (Wildman–Crippen MR) is 97.3 cm³/mol. The van der Waals surface area contributed by atoms with E-state index in [1.807, 2.05) is 32.0 Å². The highest BCUT2D eigenvalue weighted by Crippen LogP contribution is 2.35. The summed E-state index contributed by atoms with van der Waals surface area (Å²) in [4.78, 5) is 12.1. The lowest BCUT2D eigenvalue weighted by atomic mass is 9.90. The maximum absolute atomic E-state index is 12.1. The van der Waals surface area contributed by atoms with Gasteiger partial charge in [-0.15, -0.1) is 10.2 Å². The zero-order valence-electron chi connectivity index (χ0n) is 15.3. The number of nitrogens with one attached hydrogen (secondary N) is 1. The molecule has 1 amide bonds.